The Bertz CT molecular complexity index is 953. The minimum atomic E-state index is -1.37. The van der Waals surface area contributed by atoms with Crippen LogP contribution in [0.2, 0.25) is 0 Å². The van der Waals surface area contributed by atoms with Crippen molar-refractivity contribution in [3.05, 3.63) is 62.9 Å². The van der Waals surface area contributed by atoms with Gasteiger partial charge in [0.1, 0.15) is 18.0 Å². The Morgan fingerprint density at radius 3 is 2.59 bits per heavy atom. The minimum Gasteiger partial charge on any atom is -0.497 e. The number of aliphatic hydroxyl groups is 2. The maximum atomic E-state index is 12.1. The third-order valence-corrected chi connectivity index (χ3v) is 4.77. The Labute approximate surface area is 165 Å². The number of methoxy groups -OCH3 is 1. The summed E-state index contributed by atoms with van der Waals surface area (Å²) in [4.78, 5) is 37.2. The van der Waals surface area contributed by atoms with Crippen molar-refractivity contribution in [3.63, 3.8) is 0 Å². The Kier molecular flexibility index (Phi) is 6.47. The van der Waals surface area contributed by atoms with Crippen molar-refractivity contribution >= 4 is 5.91 Å². The number of carbonyl (C=O) groups excluding carboxylic acids is 1. The van der Waals surface area contributed by atoms with Crippen LogP contribution in [0.5, 0.6) is 5.75 Å². The van der Waals surface area contributed by atoms with Gasteiger partial charge >= 0.3 is 5.69 Å². The highest BCUT2D eigenvalue weighted by atomic mass is 16.6. The van der Waals surface area contributed by atoms with Gasteiger partial charge in [0.05, 0.1) is 13.2 Å². The number of H-pyrrole nitrogens is 1. The Morgan fingerprint density at radius 1 is 1.21 bits per heavy atom. The molecule has 0 radical (unpaired) electrons. The predicted octanol–water partition coefficient (Wildman–Crippen LogP) is -0.739. The first kappa shape index (κ1) is 20.8. The van der Waals surface area contributed by atoms with Gasteiger partial charge in [0.25, 0.3) is 5.56 Å². The molecule has 1 aliphatic heterocycles. The van der Waals surface area contributed by atoms with E-state index in [0.717, 1.165) is 21.9 Å². The molecule has 0 spiro atoms. The molecule has 1 aliphatic rings. The van der Waals surface area contributed by atoms with Crippen molar-refractivity contribution < 1.29 is 24.5 Å². The second-order valence-electron chi connectivity index (χ2n) is 6.73. The SMILES string of the molecule is COc1ccc(CNC(=O)CC[C@H]2O[C@@H](n3ccc(=O)[nH]c3=O)[C@H](O)[C@@H]2O)cc1. The lowest BCUT2D eigenvalue weighted by Crippen LogP contribution is -2.37. The van der Waals surface area contributed by atoms with Gasteiger partial charge in [-0.2, -0.15) is 0 Å². The largest absolute Gasteiger partial charge is 0.497 e. The summed E-state index contributed by atoms with van der Waals surface area (Å²) in [7, 11) is 1.57. The van der Waals surface area contributed by atoms with Gasteiger partial charge < -0.3 is 25.0 Å². The molecule has 1 amide bonds. The van der Waals surface area contributed by atoms with Crippen molar-refractivity contribution in [2.75, 3.05) is 7.11 Å². The molecule has 2 heterocycles. The number of aromatic nitrogens is 2. The first-order valence-corrected chi connectivity index (χ1v) is 9.11. The molecule has 1 saturated heterocycles. The summed E-state index contributed by atoms with van der Waals surface area (Å²) in [6.45, 7) is 0.342. The van der Waals surface area contributed by atoms with Crippen molar-refractivity contribution in [2.24, 2.45) is 0 Å². The normalized spacial score (nSPS) is 23.7. The lowest BCUT2D eigenvalue weighted by atomic mass is 10.1. The number of aromatic amines is 1. The Balaban J connectivity index is 1.52. The standard InChI is InChI=1S/C19H23N3O7/c1-28-12-4-2-11(3-5-12)10-20-14(23)7-6-13-16(25)17(26)18(29-13)22-9-8-15(24)21-19(22)27/h2-5,8-9,13,16-18,25-26H,6-7,10H2,1H3,(H,20,23)(H,21,24,27)/t13-,16-,17-,18-/m1/s1. The van der Waals surface area contributed by atoms with E-state index >= 15 is 0 Å². The van der Waals surface area contributed by atoms with E-state index in [2.05, 4.69) is 10.3 Å². The van der Waals surface area contributed by atoms with Crippen LogP contribution in [0.1, 0.15) is 24.6 Å². The van der Waals surface area contributed by atoms with E-state index in [1.807, 2.05) is 12.1 Å². The van der Waals surface area contributed by atoms with Crippen molar-refractivity contribution in [1.29, 1.82) is 0 Å². The second-order valence-corrected chi connectivity index (χ2v) is 6.73. The van der Waals surface area contributed by atoms with Crippen LogP contribution >= 0.6 is 0 Å². The van der Waals surface area contributed by atoms with Gasteiger partial charge in [-0.05, 0) is 24.1 Å². The topological polar surface area (TPSA) is 143 Å². The van der Waals surface area contributed by atoms with Gasteiger partial charge in [0.2, 0.25) is 5.91 Å². The van der Waals surface area contributed by atoms with Gasteiger partial charge in [0, 0.05) is 25.2 Å². The minimum absolute atomic E-state index is 0.0673. The van der Waals surface area contributed by atoms with Crippen molar-refractivity contribution in [3.8, 4) is 5.75 Å². The molecule has 3 rings (SSSR count). The molecule has 4 atom stereocenters. The third-order valence-electron chi connectivity index (χ3n) is 4.77. The first-order chi connectivity index (χ1) is 13.9. The van der Waals surface area contributed by atoms with Crippen LogP contribution in [0.15, 0.2) is 46.1 Å². The number of aliphatic hydroxyl groups excluding tert-OH is 2. The summed E-state index contributed by atoms with van der Waals surface area (Å²) < 4.78 is 11.7. The zero-order valence-corrected chi connectivity index (χ0v) is 15.8. The number of benzene rings is 1. The number of nitrogens with zero attached hydrogens (tertiary/aromatic N) is 1. The highest BCUT2D eigenvalue weighted by molar-refractivity contribution is 5.75. The average molecular weight is 405 g/mol. The van der Waals surface area contributed by atoms with Gasteiger partial charge in [-0.25, -0.2) is 4.79 Å². The summed E-state index contributed by atoms with van der Waals surface area (Å²) >= 11 is 0. The fourth-order valence-electron chi connectivity index (χ4n) is 3.13. The number of hydrogen-bond donors (Lipinski definition) is 4. The number of amides is 1. The average Bonchev–Trinajstić information content (AvgIpc) is 2.99. The molecule has 1 aromatic heterocycles. The third kappa shape index (κ3) is 4.91. The lowest BCUT2D eigenvalue weighted by molar-refractivity contribution is -0.122. The van der Waals surface area contributed by atoms with Gasteiger partial charge in [-0.3, -0.25) is 19.1 Å². The number of hydrogen-bond acceptors (Lipinski definition) is 7. The van der Waals surface area contributed by atoms with Crippen LogP contribution in [0.4, 0.5) is 0 Å². The summed E-state index contributed by atoms with van der Waals surface area (Å²) in [5.41, 5.74) is -0.430. The van der Waals surface area contributed by atoms with Crippen LogP contribution in [-0.4, -0.2) is 51.1 Å². The van der Waals surface area contributed by atoms with Crippen LogP contribution < -0.4 is 21.3 Å². The van der Waals surface area contributed by atoms with Crippen molar-refractivity contribution in [1.82, 2.24) is 14.9 Å². The molecule has 156 valence electrons. The molecular formula is C19H23N3O7. The van der Waals surface area contributed by atoms with E-state index in [4.69, 9.17) is 9.47 Å². The van der Waals surface area contributed by atoms with Crippen LogP contribution in [0, 0.1) is 0 Å². The summed E-state index contributed by atoms with van der Waals surface area (Å²) in [5.74, 6) is 0.484. The smallest absolute Gasteiger partial charge is 0.330 e. The number of ether oxygens (including phenoxy) is 2. The zero-order valence-electron chi connectivity index (χ0n) is 15.8. The van der Waals surface area contributed by atoms with Crippen LogP contribution in [-0.2, 0) is 16.1 Å². The summed E-state index contributed by atoms with van der Waals surface area (Å²) in [5, 5.41) is 23.2. The summed E-state index contributed by atoms with van der Waals surface area (Å²) in [6, 6.07) is 8.39. The number of rotatable bonds is 7. The highest BCUT2D eigenvalue weighted by Crippen LogP contribution is 2.30. The quantitative estimate of drug-likeness (QED) is 0.475. The van der Waals surface area contributed by atoms with E-state index < -0.39 is 35.8 Å². The molecule has 2 aromatic rings. The molecular weight excluding hydrogens is 382 g/mol. The lowest BCUT2D eigenvalue weighted by Gasteiger charge is -2.16. The van der Waals surface area contributed by atoms with E-state index in [1.165, 1.54) is 6.20 Å². The van der Waals surface area contributed by atoms with E-state index in [9.17, 15) is 24.6 Å². The fourth-order valence-corrected chi connectivity index (χ4v) is 3.13. The zero-order chi connectivity index (χ0) is 21.0. The van der Waals surface area contributed by atoms with Crippen LogP contribution in [0.3, 0.4) is 0 Å². The monoisotopic (exact) mass is 405 g/mol. The van der Waals surface area contributed by atoms with Gasteiger partial charge in [-0.1, -0.05) is 12.1 Å². The molecule has 1 fully saturated rings. The molecule has 10 nitrogen and oxygen atoms in total. The maximum absolute atomic E-state index is 12.1. The summed E-state index contributed by atoms with van der Waals surface area (Å²) in [6.07, 6.45) is -3.22. The first-order valence-electron chi connectivity index (χ1n) is 9.11. The highest BCUT2D eigenvalue weighted by Gasteiger charge is 2.43. The van der Waals surface area contributed by atoms with E-state index in [0.29, 0.717) is 6.54 Å². The van der Waals surface area contributed by atoms with Crippen LogP contribution in [0.25, 0.3) is 0 Å². The van der Waals surface area contributed by atoms with Crippen molar-refractivity contribution in [2.45, 2.75) is 43.9 Å². The second kappa shape index (κ2) is 9.03. The molecule has 0 bridgehead atoms. The van der Waals surface area contributed by atoms with E-state index in [-0.39, 0.29) is 18.7 Å². The molecule has 1 aromatic carbocycles. The van der Waals surface area contributed by atoms with Gasteiger partial charge in [0.15, 0.2) is 6.23 Å². The molecule has 29 heavy (non-hydrogen) atoms. The molecule has 0 aliphatic carbocycles. The predicted molar refractivity (Wildman–Crippen MR) is 101 cm³/mol. The Morgan fingerprint density at radius 2 is 1.93 bits per heavy atom. The van der Waals surface area contributed by atoms with Gasteiger partial charge in [-0.15, -0.1) is 0 Å². The molecule has 0 unspecified atom stereocenters. The number of carbonyl (C=O) groups is 1. The molecule has 10 heteroatoms. The molecule has 0 saturated carbocycles. The Hall–Kier alpha value is -2.95. The number of nitrogens with one attached hydrogen (secondary N) is 2. The molecule has 4 N–H and O–H groups in total. The maximum Gasteiger partial charge on any atom is 0.330 e. The van der Waals surface area contributed by atoms with E-state index in [1.54, 1.807) is 19.2 Å². The fraction of sp³-hybridized carbons (Fsp3) is 0.421.